The number of nitrogens with zero attached hydrogens (tertiary/aromatic N) is 1. The van der Waals surface area contributed by atoms with E-state index in [0.29, 0.717) is 12.0 Å². The van der Waals surface area contributed by atoms with Crippen molar-refractivity contribution in [1.82, 2.24) is 4.98 Å². The molecule has 0 bridgehead atoms. The quantitative estimate of drug-likeness (QED) is 0.779. The summed E-state index contributed by atoms with van der Waals surface area (Å²) in [5, 5.41) is 9.02. The third-order valence-electron chi connectivity index (χ3n) is 1.59. The Hall–Kier alpha value is -0.800. The fourth-order valence-corrected chi connectivity index (χ4v) is 1.47. The predicted molar refractivity (Wildman–Crippen MR) is 50.6 cm³/mol. The molecule has 0 fully saturated rings. The Kier molecular flexibility index (Phi) is 3.12. The SMILES string of the molecule is CCc1cc(Cl)nc(C(=O)O)c1Cl. The summed E-state index contributed by atoms with van der Waals surface area (Å²) in [6.45, 7) is 1.86. The van der Waals surface area contributed by atoms with Gasteiger partial charge in [0.15, 0.2) is 5.69 Å². The molecule has 0 aliphatic rings. The number of carboxylic acids is 1. The summed E-state index contributed by atoms with van der Waals surface area (Å²) < 4.78 is 0. The van der Waals surface area contributed by atoms with Gasteiger partial charge in [-0.05, 0) is 18.1 Å². The van der Waals surface area contributed by atoms with Crippen molar-refractivity contribution < 1.29 is 9.90 Å². The van der Waals surface area contributed by atoms with E-state index in [0.717, 1.165) is 0 Å². The molecule has 0 amide bonds. The average molecular weight is 220 g/mol. The van der Waals surface area contributed by atoms with Crippen LogP contribution in [0.15, 0.2) is 6.07 Å². The minimum Gasteiger partial charge on any atom is -0.476 e. The molecule has 0 aromatic carbocycles. The van der Waals surface area contributed by atoms with E-state index in [2.05, 4.69) is 4.98 Å². The van der Waals surface area contributed by atoms with Gasteiger partial charge in [0.05, 0.1) is 5.02 Å². The van der Waals surface area contributed by atoms with Gasteiger partial charge in [-0.15, -0.1) is 0 Å². The Morgan fingerprint density at radius 1 is 1.62 bits per heavy atom. The molecule has 0 aliphatic carbocycles. The van der Waals surface area contributed by atoms with Gasteiger partial charge >= 0.3 is 5.97 Å². The van der Waals surface area contributed by atoms with Gasteiger partial charge in [-0.3, -0.25) is 0 Å². The van der Waals surface area contributed by atoms with Crippen LogP contribution in [0.1, 0.15) is 23.0 Å². The molecule has 1 rings (SSSR count). The molecule has 3 nitrogen and oxygen atoms in total. The molecule has 1 N–H and O–H groups in total. The van der Waals surface area contributed by atoms with Crippen LogP contribution in [0.2, 0.25) is 10.2 Å². The summed E-state index contributed by atoms with van der Waals surface area (Å²) in [4.78, 5) is 14.3. The third kappa shape index (κ3) is 2.11. The zero-order valence-electron chi connectivity index (χ0n) is 6.84. The van der Waals surface area contributed by atoms with Gasteiger partial charge in [-0.1, -0.05) is 30.1 Å². The second-order valence-corrected chi connectivity index (χ2v) is 3.19. The summed E-state index contributed by atoms with van der Waals surface area (Å²) in [5.74, 6) is -1.16. The lowest BCUT2D eigenvalue weighted by atomic mass is 10.2. The van der Waals surface area contributed by atoms with E-state index in [1.165, 1.54) is 0 Å². The summed E-state index contributed by atoms with van der Waals surface area (Å²) in [6.07, 6.45) is 0.626. The number of aryl methyl sites for hydroxylation is 1. The number of carboxylic acid groups (broad SMARTS) is 1. The molecule has 0 radical (unpaired) electrons. The second-order valence-electron chi connectivity index (χ2n) is 2.43. The van der Waals surface area contributed by atoms with Gasteiger partial charge in [-0.2, -0.15) is 0 Å². The highest BCUT2D eigenvalue weighted by molar-refractivity contribution is 6.35. The number of hydrogen-bond donors (Lipinski definition) is 1. The number of pyridine rings is 1. The van der Waals surface area contributed by atoms with Crippen LogP contribution in [0.5, 0.6) is 0 Å². The molecule has 0 saturated carbocycles. The van der Waals surface area contributed by atoms with Crippen LogP contribution in [0.25, 0.3) is 0 Å². The largest absolute Gasteiger partial charge is 0.476 e. The number of aromatic nitrogens is 1. The van der Waals surface area contributed by atoms with Crippen molar-refractivity contribution in [2.45, 2.75) is 13.3 Å². The zero-order chi connectivity index (χ0) is 10.0. The molecule has 1 aromatic heterocycles. The van der Waals surface area contributed by atoms with Crippen LogP contribution in [0.4, 0.5) is 0 Å². The number of aromatic carboxylic acids is 1. The zero-order valence-corrected chi connectivity index (χ0v) is 8.35. The van der Waals surface area contributed by atoms with Crippen molar-refractivity contribution in [3.8, 4) is 0 Å². The Morgan fingerprint density at radius 3 is 2.69 bits per heavy atom. The fourth-order valence-electron chi connectivity index (χ4n) is 0.946. The van der Waals surface area contributed by atoms with E-state index in [9.17, 15) is 4.79 Å². The predicted octanol–water partition coefficient (Wildman–Crippen LogP) is 2.65. The minimum atomic E-state index is -1.16. The highest BCUT2D eigenvalue weighted by Crippen LogP contribution is 2.23. The van der Waals surface area contributed by atoms with Gasteiger partial charge in [-0.25, -0.2) is 9.78 Å². The molecule has 0 atom stereocenters. The fraction of sp³-hybridized carbons (Fsp3) is 0.250. The molecular weight excluding hydrogens is 213 g/mol. The molecule has 5 heteroatoms. The van der Waals surface area contributed by atoms with Crippen LogP contribution in [-0.4, -0.2) is 16.1 Å². The summed E-state index contributed by atoms with van der Waals surface area (Å²) in [5.41, 5.74) is 0.505. The first-order valence-electron chi connectivity index (χ1n) is 3.64. The standard InChI is InChI=1S/C8H7Cl2NO2/c1-2-4-3-5(9)11-7(6(4)10)8(12)13/h3H,2H2,1H3,(H,12,13). The monoisotopic (exact) mass is 219 g/mol. The van der Waals surface area contributed by atoms with Crippen molar-refractivity contribution in [1.29, 1.82) is 0 Å². The number of halogens is 2. The topological polar surface area (TPSA) is 50.2 Å². The van der Waals surface area contributed by atoms with Crippen molar-refractivity contribution in [3.63, 3.8) is 0 Å². The maximum Gasteiger partial charge on any atom is 0.356 e. The van der Waals surface area contributed by atoms with Crippen molar-refractivity contribution in [2.24, 2.45) is 0 Å². The molecule has 0 unspecified atom stereocenters. The highest BCUT2D eigenvalue weighted by Gasteiger charge is 2.14. The molecule has 1 heterocycles. The lowest BCUT2D eigenvalue weighted by Crippen LogP contribution is -2.03. The molecule has 0 aliphatic heterocycles. The molecule has 70 valence electrons. The van der Waals surface area contributed by atoms with Crippen molar-refractivity contribution in [3.05, 3.63) is 27.5 Å². The van der Waals surface area contributed by atoms with Crippen LogP contribution in [-0.2, 0) is 6.42 Å². The van der Waals surface area contributed by atoms with Crippen molar-refractivity contribution in [2.75, 3.05) is 0 Å². The molecule has 1 aromatic rings. The Labute approximate surface area is 85.3 Å². The lowest BCUT2D eigenvalue weighted by molar-refractivity contribution is 0.0690. The number of carbonyl (C=O) groups is 1. The van der Waals surface area contributed by atoms with E-state index in [4.69, 9.17) is 28.3 Å². The summed E-state index contributed by atoms with van der Waals surface area (Å²) >= 11 is 11.4. The third-order valence-corrected chi connectivity index (χ3v) is 2.20. The van der Waals surface area contributed by atoms with Crippen LogP contribution in [0, 0.1) is 0 Å². The van der Waals surface area contributed by atoms with Gasteiger partial charge in [0, 0.05) is 0 Å². The average Bonchev–Trinajstić information content (AvgIpc) is 2.08. The number of hydrogen-bond acceptors (Lipinski definition) is 2. The molecular formula is C8H7Cl2NO2. The Bertz CT molecular complexity index is 352. The first kappa shape index (κ1) is 10.3. The number of rotatable bonds is 2. The Morgan fingerprint density at radius 2 is 2.23 bits per heavy atom. The van der Waals surface area contributed by atoms with E-state index in [1.807, 2.05) is 6.92 Å². The second kappa shape index (κ2) is 3.94. The lowest BCUT2D eigenvalue weighted by Gasteiger charge is -2.04. The summed E-state index contributed by atoms with van der Waals surface area (Å²) in [6, 6.07) is 1.57. The van der Waals surface area contributed by atoms with Crippen molar-refractivity contribution >= 4 is 29.2 Å². The van der Waals surface area contributed by atoms with Gasteiger partial charge in [0.1, 0.15) is 5.15 Å². The van der Waals surface area contributed by atoms with E-state index in [1.54, 1.807) is 6.07 Å². The minimum absolute atomic E-state index is 0.152. The van der Waals surface area contributed by atoms with Crippen LogP contribution < -0.4 is 0 Å². The maximum atomic E-state index is 10.6. The smallest absolute Gasteiger partial charge is 0.356 e. The van der Waals surface area contributed by atoms with Gasteiger partial charge < -0.3 is 5.11 Å². The Balaban J connectivity index is 3.35. The highest BCUT2D eigenvalue weighted by atomic mass is 35.5. The first-order chi connectivity index (χ1) is 6.06. The summed E-state index contributed by atoms with van der Waals surface area (Å²) in [7, 11) is 0. The van der Waals surface area contributed by atoms with Gasteiger partial charge in [0.2, 0.25) is 0 Å². The maximum absolute atomic E-state index is 10.6. The van der Waals surface area contributed by atoms with E-state index in [-0.39, 0.29) is 15.9 Å². The van der Waals surface area contributed by atoms with E-state index < -0.39 is 5.97 Å². The molecule has 0 saturated heterocycles. The van der Waals surface area contributed by atoms with Crippen LogP contribution >= 0.6 is 23.2 Å². The van der Waals surface area contributed by atoms with E-state index >= 15 is 0 Å². The first-order valence-corrected chi connectivity index (χ1v) is 4.40. The normalized spacial score (nSPS) is 10.1. The van der Waals surface area contributed by atoms with Crippen LogP contribution in [0.3, 0.4) is 0 Å². The van der Waals surface area contributed by atoms with Gasteiger partial charge in [0.25, 0.3) is 0 Å². The molecule has 0 spiro atoms. The molecule has 13 heavy (non-hydrogen) atoms.